The predicted octanol–water partition coefficient (Wildman–Crippen LogP) is 4.56. The van der Waals surface area contributed by atoms with Crippen LogP contribution in [0.5, 0.6) is 0 Å². The Bertz CT molecular complexity index is 827. The molecule has 1 amide bonds. The summed E-state index contributed by atoms with van der Waals surface area (Å²) < 4.78 is 28.7. The van der Waals surface area contributed by atoms with E-state index in [4.69, 9.17) is 11.6 Å². The van der Waals surface area contributed by atoms with Gasteiger partial charge in [-0.15, -0.1) is 0 Å². The minimum absolute atomic E-state index is 0.0355. The number of carbonyl (C=O) groups is 1. The van der Waals surface area contributed by atoms with Crippen LogP contribution in [0.1, 0.15) is 48.1 Å². The summed E-state index contributed by atoms with van der Waals surface area (Å²) in [5.41, 5.74) is 0.201. The van der Waals surface area contributed by atoms with E-state index in [1.165, 1.54) is 18.2 Å². The molecule has 132 valence electrons. The third kappa shape index (κ3) is 3.38. The number of alkyl halides is 1. The minimum atomic E-state index is -2.12. The average molecular weight is 365 g/mol. The summed E-state index contributed by atoms with van der Waals surface area (Å²) in [5.74, 6) is -1.06. The highest BCUT2D eigenvalue weighted by molar-refractivity contribution is 6.31. The largest absolute Gasteiger partial charge is 0.349 e. The van der Waals surface area contributed by atoms with Gasteiger partial charge in [-0.05, 0) is 55.0 Å². The van der Waals surface area contributed by atoms with Gasteiger partial charge in [-0.3, -0.25) is 9.78 Å². The van der Waals surface area contributed by atoms with E-state index in [1.54, 1.807) is 12.3 Å². The van der Waals surface area contributed by atoms with Crippen LogP contribution < -0.4 is 5.32 Å². The molecule has 2 aromatic rings. The molecule has 2 atom stereocenters. The Morgan fingerprint density at radius 2 is 2.20 bits per heavy atom. The van der Waals surface area contributed by atoms with E-state index in [2.05, 4.69) is 10.3 Å². The molecule has 3 rings (SSSR count). The first-order valence-corrected chi connectivity index (χ1v) is 8.57. The molecule has 0 saturated carbocycles. The smallest absolute Gasteiger partial charge is 0.262 e. The Labute approximate surface area is 150 Å². The number of aryl methyl sites for hydroxylation is 1. The maximum Gasteiger partial charge on any atom is 0.262 e. The monoisotopic (exact) mass is 364 g/mol. The number of amides is 1. The fourth-order valence-electron chi connectivity index (χ4n) is 3.19. The molecule has 0 bridgehead atoms. The second-order valence-electron chi connectivity index (χ2n) is 6.60. The van der Waals surface area contributed by atoms with Crippen molar-refractivity contribution in [2.45, 2.75) is 44.8 Å². The zero-order chi connectivity index (χ0) is 18.2. The number of benzene rings is 1. The SMILES string of the molecule is Cc1cnc2c(c1)[C@](F)(C(=O)NCc1ccc(F)cc1Cl)CC[C@H]2C. The topological polar surface area (TPSA) is 42.0 Å². The van der Waals surface area contributed by atoms with Gasteiger partial charge in [0.2, 0.25) is 5.67 Å². The van der Waals surface area contributed by atoms with Crippen molar-refractivity contribution < 1.29 is 13.6 Å². The molecule has 1 aliphatic rings. The third-order valence-electron chi connectivity index (χ3n) is 4.69. The second-order valence-corrected chi connectivity index (χ2v) is 7.01. The lowest BCUT2D eigenvalue weighted by Gasteiger charge is -2.33. The summed E-state index contributed by atoms with van der Waals surface area (Å²) >= 11 is 5.96. The number of halogens is 3. The van der Waals surface area contributed by atoms with Crippen LogP contribution in [0.25, 0.3) is 0 Å². The maximum atomic E-state index is 15.6. The summed E-state index contributed by atoms with van der Waals surface area (Å²) in [6.07, 6.45) is 2.34. The van der Waals surface area contributed by atoms with Crippen molar-refractivity contribution in [2.24, 2.45) is 0 Å². The highest BCUT2D eigenvalue weighted by Gasteiger charge is 2.46. The number of rotatable bonds is 3. The molecule has 0 radical (unpaired) electrons. The van der Waals surface area contributed by atoms with Crippen LogP contribution in [0.15, 0.2) is 30.5 Å². The Balaban J connectivity index is 1.84. The van der Waals surface area contributed by atoms with E-state index in [0.29, 0.717) is 23.2 Å². The molecule has 3 nitrogen and oxygen atoms in total. The molecular weight excluding hydrogens is 346 g/mol. The van der Waals surface area contributed by atoms with Gasteiger partial charge >= 0.3 is 0 Å². The van der Waals surface area contributed by atoms with Crippen LogP contribution in [-0.2, 0) is 17.0 Å². The lowest BCUT2D eigenvalue weighted by molar-refractivity contribution is -0.135. The molecule has 1 aliphatic carbocycles. The van der Waals surface area contributed by atoms with E-state index in [9.17, 15) is 9.18 Å². The van der Waals surface area contributed by atoms with Crippen LogP contribution in [0.3, 0.4) is 0 Å². The van der Waals surface area contributed by atoms with Crippen molar-refractivity contribution in [2.75, 3.05) is 0 Å². The standard InChI is InChI=1S/C19H19ClF2N2O/c1-11-7-15-17(23-9-11)12(2)5-6-19(15,22)18(25)24-10-13-3-4-14(21)8-16(13)20/h3-4,7-9,12H,5-6,10H2,1-2H3,(H,24,25)/t12-,19+/m1/s1. The summed E-state index contributed by atoms with van der Waals surface area (Å²) in [6, 6.07) is 5.59. The van der Waals surface area contributed by atoms with Crippen LogP contribution in [0.2, 0.25) is 5.02 Å². The highest BCUT2D eigenvalue weighted by Crippen LogP contribution is 2.43. The van der Waals surface area contributed by atoms with Crippen LogP contribution in [0, 0.1) is 12.7 Å². The maximum absolute atomic E-state index is 15.6. The first kappa shape index (κ1) is 17.8. The van der Waals surface area contributed by atoms with E-state index < -0.39 is 17.4 Å². The first-order valence-electron chi connectivity index (χ1n) is 8.19. The zero-order valence-electron chi connectivity index (χ0n) is 14.1. The lowest BCUT2D eigenvalue weighted by atomic mass is 9.77. The van der Waals surface area contributed by atoms with Crippen molar-refractivity contribution in [3.05, 3.63) is 63.7 Å². The molecule has 1 aromatic carbocycles. The molecule has 0 unspecified atom stereocenters. The highest BCUT2D eigenvalue weighted by atomic mass is 35.5. The fraction of sp³-hybridized carbons (Fsp3) is 0.368. The van der Waals surface area contributed by atoms with Gasteiger partial charge in [0.25, 0.3) is 5.91 Å². The third-order valence-corrected chi connectivity index (χ3v) is 5.04. The lowest BCUT2D eigenvalue weighted by Crippen LogP contribution is -2.44. The minimum Gasteiger partial charge on any atom is -0.349 e. The van der Waals surface area contributed by atoms with Gasteiger partial charge in [0.05, 0.1) is 5.69 Å². The quantitative estimate of drug-likeness (QED) is 0.867. The fourth-order valence-corrected chi connectivity index (χ4v) is 3.43. The van der Waals surface area contributed by atoms with E-state index in [0.717, 1.165) is 5.56 Å². The second kappa shape index (κ2) is 6.71. The van der Waals surface area contributed by atoms with Gasteiger partial charge in [-0.2, -0.15) is 0 Å². The molecule has 0 saturated heterocycles. The Morgan fingerprint density at radius 1 is 1.44 bits per heavy atom. The number of hydrogen-bond acceptors (Lipinski definition) is 2. The van der Waals surface area contributed by atoms with Crippen LogP contribution in [-0.4, -0.2) is 10.9 Å². The van der Waals surface area contributed by atoms with Crippen molar-refractivity contribution in [1.29, 1.82) is 0 Å². The number of nitrogens with one attached hydrogen (secondary N) is 1. The molecule has 1 aromatic heterocycles. The van der Waals surface area contributed by atoms with Crippen molar-refractivity contribution in [1.82, 2.24) is 10.3 Å². The number of carbonyl (C=O) groups excluding carboxylic acids is 1. The first-order chi connectivity index (χ1) is 11.8. The molecule has 25 heavy (non-hydrogen) atoms. The van der Waals surface area contributed by atoms with E-state index in [-0.39, 0.29) is 23.9 Å². The summed E-state index contributed by atoms with van der Waals surface area (Å²) in [4.78, 5) is 17.0. The van der Waals surface area contributed by atoms with Crippen molar-refractivity contribution in [3.8, 4) is 0 Å². The van der Waals surface area contributed by atoms with Gasteiger partial charge in [0, 0.05) is 23.3 Å². The van der Waals surface area contributed by atoms with Crippen LogP contribution in [0.4, 0.5) is 8.78 Å². The Hall–Kier alpha value is -2.01. The summed E-state index contributed by atoms with van der Waals surface area (Å²) in [7, 11) is 0. The van der Waals surface area contributed by atoms with Crippen molar-refractivity contribution >= 4 is 17.5 Å². The van der Waals surface area contributed by atoms with Crippen LogP contribution >= 0.6 is 11.6 Å². The molecule has 0 aliphatic heterocycles. The number of hydrogen-bond donors (Lipinski definition) is 1. The Kier molecular flexibility index (Phi) is 4.78. The molecule has 0 spiro atoms. The summed E-state index contributed by atoms with van der Waals surface area (Å²) in [6.45, 7) is 3.84. The predicted molar refractivity (Wildman–Crippen MR) is 92.7 cm³/mol. The molecule has 6 heteroatoms. The van der Waals surface area contributed by atoms with Gasteiger partial charge in [0.15, 0.2) is 0 Å². The molecule has 1 N–H and O–H groups in total. The molecular formula is C19H19ClF2N2O. The van der Waals surface area contributed by atoms with Gasteiger partial charge < -0.3 is 5.32 Å². The molecule has 1 heterocycles. The number of nitrogens with zero attached hydrogens (tertiary/aromatic N) is 1. The number of aromatic nitrogens is 1. The van der Waals surface area contributed by atoms with E-state index >= 15 is 4.39 Å². The van der Waals surface area contributed by atoms with Gasteiger partial charge in [-0.25, -0.2) is 8.78 Å². The molecule has 0 fully saturated rings. The summed E-state index contributed by atoms with van der Waals surface area (Å²) in [5, 5.41) is 2.79. The number of fused-ring (bicyclic) bond motifs is 1. The zero-order valence-corrected chi connectivity index (χ0v) is 14.8. The Morgan fingerprint density at radius 3 is 2.92 bits per heavy atom. The average Bonchev–Trinajstić information content (AvgIpc) is 2.57. The van der Waals surface area contributed by atoms with Crippen molar-refractivity contribution in [3.63, 3.8) is 0 Å². The van der Waals surface area contributed by atoms with Gasteiger partial charge in [0.1, 0.15) is 5.82 Å². The normalized spacial score (nSPS) is 22.4. The van der Waals surface area contributed by atoms with Gasteiger partial charge in [-0.1, -0.05) is 24.6 Å². The van der Waals surface area contributed by atoms with E-state index in [1.807, 2.05) is 13.8 Å². The number of pyridine rings is 1.